The predicted molar refractivity (Wildman–Crippen MR) is 114 cm³/mol. The molecule has 30 heavy (non-hydrogen) atoms. The van der Waals surface area contributed by atoms with Crippen molar-refractivity contribution in [3.8, 4) is 11.5 Å². The van der Waals surface area contributed by atoms with Crippen LogP contribution < -0.4 is 5.56 Å². The van der Waals surface area contributed by atoms with Gasteiger partial charge in [0.15, 0.2) is 0 Å². The SMILES string of the molecule is Cc1ccn(C(C)CN(C)C)c(=O)c1C(=O)N(C)Cc1nnc(-c2ccccc2)o1. The largest absolute Gasteiger partial charge is 0.419 e. The fourth-order valence-corrected chi connectivity index (χ4v) is 3.34. The van der Waals surface area contributed by atoms with Gasteiger partial charge in [-0.2, -0.15) is 0 Å². The van der Waals surface area contributed by atoms with Crippen molar-refractivity contribution >= 4 is 5.91 Å². The van der Waals surface area contributed by atoms with Crippen molar-refractivity contribution in [2.75, 3.05) is 27.7 Å². The van der Waals surface area contributed by atoms with Crippen LogP contribution in [0.1, 0.15) is 34.8 Å². The summed E-state index contributed by atoms with van der Waals surface area (Å²) in [6.07, 6.45) is 1.74. The molecule has 1 unspecified atom stereocenters. The molecule has 1 amide bonds. The minimum Gasteiger partial charge on any atom is -0.419 e. The van der Waals surface area contributed by atoms with E-state index in [2.05, 4.69) is 10.2 Å². The quantitative estimate of drug-likeness (QED) is 0.596. The molecule has 1 aromatic carbocycles. The van der Waals surface area contributed by atoms with Gasteiger partial charge in [0.05, 0.1) is 6.54 Å². The molecule has 3 rings (SSSR count). The van der Waals surface area contributed by atoms with Gasteiger partial charge in [0.1, 0.15) is 5.56 Å². The Morgan fingerprint density at radius 2 is 1.83 bits per heavy atom. The molecule has 0 spiro atoms. The van der Waals surface area contributed by atoms with Crippen LogP contribution in [0.5, 0.6) is 0 Å². The topological polar surface area (TPSA) is 84.5 Å². The van der Waals surface area contributed by atoms with Gasteiger partial charge in [0.2, 0.25) is 11.8 Å². The van der Waals surface area contributed by atoms with E-state index in [4.69, 9.17) is 4.42 Å². The number of benzene rings is 1. The fourth-order valence-electron chi connectivity index (χ4n) is 3.34. The molecule has 0 bridgehead atoms. The number of nitrogens with zero attached hydrogens (tertiary/aromatic N) is 5. The summed E-state index contributed by atoms with van der Waals surface area (Å²) in [6.45, 7) is 4.53. The Balaban J connectivity index is 1.81. The Labute approximate surface area is 175 Å². The Hall–Kier alpha value is -3.26. The first kappa shape index (κ1) is 21.4. The van der Waals surface area contributed by atoms with Crippen LogP contribution in [0.4, 0.5) is 0 Å². The number of aromatic nitrogens is 3. The molecule has 3 aromatic rings. The van der Waals surface area contributed by atoms with Crippen LogP contribution in [0.2, 0.25) is 0 Å². The number of carbonyl (C=O) groups excluding carboxylic acids is 1. The maximum atomic E-state index is 13.1. The van der Waals surface area contributed by atoms with Crippen molar-refractivity contribution in [3.63, 3.8) is 0 Å². The van der Waals surface area contributed by atoms with E-state index in [1.54, 1.807) is 30.8 Å². The third-order valence-corrected chi connectivity index (χ3v) is 4.85. The van der Waals surface area contributed by atoms with Gasteiger partial charge < -0.3 is 18.8 Å². The van der Waals surface area contributed by atoms with Gasteiger partial charge in [-0.1, -0.05) is 18.2 Å². The molecule has 1 atom stereocenters. The maximum Gasteiger partial charge on any atom is 0.263 e. The summed E-state index contributed by atoms with van der Waals surface area (Å²) >= 11 is 0. The van der Waals surface area contributed by atoms with Crippen molar-refractivity contribution in [1.29, 1.82) is 0 Å². The van der Waals surface area contributed by atoms with E-state index in [0.717, 1.165) is 5.56 Å². The Bertz CT molecular complexity index is 1070. The average Bonchev–Trinajstić information content (AvgIpc) is 3.16. The standard InChI is InChI=1S/C22H27N5O3/c1-15-11-12-27(16(2)13-25(3)4)22(29)19(15)21(28)26(5)14-18-23-24-20(30-18)17-9-7-6-8-10-17/h6-12,16H,13-14H2,1-5H3. The van der Waals surface area contributed by atoms with Crippen LogP contribution in [0.25, 0.3) is 11.5 Å². The van der Waals surface area contributed by atoms with Crippen molar-refractivity contribution in [2.45, 2.75) is 26.4 Å². The number of pyridine rings is 1. The van der Waals surface area contributed by atoms with Gasteiger partial charge in [-0.15, -0.1) is 10.2 Å². The van der Waals surface area contributed by atoms with Crippen LogP contribution in [0, 0.1) is 6.92 Å². The Morgan fingerprint density at radius 1 is 1.13 bits per heavy atom. The normalized spacial score (nSPS) is 12.2. The van der Waals surface area contributed by atoms with E-state index in [9.17, 15) is 9.59 Å². The highest BCUT2D eigenvalue weighted by atomic mass is 16.4. The predicted octanol–water partition coefficient (Wildman–Crippen LogP) is 2.60. The molecule has 2 heterocycles. The van der Waals surface area contributed by atoms with Gasteiger partial charge in [-0.25, -0.2) is 0 Å². The van der Waals surface area contributed by atoms with E-state index in [-0.39, 0.29) is 29.6 Å². The molecule has 0 aliphatic heterocycles. The summed E-state index contributed by atoms with van der Waals surface area (Å²) in [6, 6.07) is 11.2. The third-order valence-electron chi connectivity index (χ3n) is 4.85. The lowest BCUT2D eigenvalue weighted by molar-refractivity contribution is 0.0769. The highest BCUT2D eigenvalue weighted by Gasteiger charge is 2.23. The maximum absolute atomic E-state index is 13.1. The van der Waals surface area contributed by atoms with Crippen molar-refractivity contribution in [1.82, 2.24) is 24.6 Å². The minimum absolute atomic E-state index is 0.0608. The van der Waals surface area contributed by atoms with E-state index < -0.39 is 0 Å². The van der Waals surface area contributed by atoms with Gasteiger partial charge >= 0.3 is 0 Å². The van der Waals surface area contributed by atoms with Crippen molar-refractivity contribution in [2.24, 2.45) is 0 Å². The molecule has 158 valence electrons. The highest BCUT2D eigenvalue weighted by molar-refractivity contribution is 5.95. The number of hydrogen-bond donors (Lipinski definition) is 0. The van der Waals surface area contributed by atoms with E-state index in [1.807, 2.05) is 56.3 Å². The smallest absolute Gasteiger partial charge is 0.263 e. The van der Waals surface area contributed by atoms with E-state index in [1.165, 1.54) is 4.90 Å². The third kappa shape index (κ3) is 4.65. The molecule has 2 aromatic heterocycles. The minimum atomic E-state index is -0.372. The van der Waals surface area contributed by atoms with Crippen molar-refractivity contribution < 1.29 is 9.21 Å². The van der Waals surface area contributed by atoms with Gasteiger partial charge in [0, 0.05) is 31.4 Å². The van der Waals surface area contributed by atoms with Crippen LogP contribution in [-0.2, 0) is 6.54 Å². The lowest BCUT2D eigenvalue weighted by atomic mass is 10.1. The Kier molecular flexibility index (Phi) is 6.47. The van der Waals surface area contributed by atoms with Crippen LogP contribution in [0.3, 0.4) is 0 Å². The molecular formula is C22H27N5O3. The first-order valence-corrected chi connectivity index (χ1v) is 9.77. The molecular weight excluding hydrogens is 382 g/mol. The lowest BCUT2D eigenvalue weighted by Gasteiger charge is -2.22. The second-order valence-electron chi connectivity index (χ2n) is 7.73. The molecule has 8 heteroatoms. The average molecular weight is 409 g/mol. The highest BCUT2D eigenvalue weighted by Crippen LogP contribution is 2.18. The fraction of sp³-hybridized carbons (Fsp3) is 0.364. The Morgan fingerprint density at radius 3 is 2.50 bits per heavy atom. The monoisotopic (exact) mass is 409 g/mol. The zero-order chi connectivity index (χ0) is 21.8. The number of likely N-dealkylation sites (N-methyl/N-ethyl adjacent to an activating group) is 1. The van der Waals surface area contributed by atoms with Gasteiger partial charge in [0.25, 0.3) is 11.5 Å². The molecule has 0 N–H and O–H groups in total. The van der Waals surface area contributed by atoms with E-state index >= 15 is 0 Å². The molecule has 0 saturated heterocycles. The van der Waals surface area contributed by atoms with Crippen LogP contribution >= 0.6 is 0 Å². The molecule has 0 fully saturated rings. The molecule has 0 aliphatic rings. The zero-order valence-corrected chi connectivity index (χ0v) is 18.0. The van der Waals surface area contributed by atoms with Crippen LogP contribution in [-0.4, -0.2) is 58.2 Å². The summed E-state index contributed by atoms with van der Waals surface area (Å²) in [5, 5.41) is 8.08. The van der Waals surface area contributed by atoms with Gasteiger partial charge in [-0.05, 0) is 51.7 Å². The lowest BCUT2D eigenvalue weighted by Crippen LogP contribution is -2.37. The number of aryl methyl sites for hydroxylation is 1. The molecule has 0 radical (unpaired) electrons. The first-order valence-electron chi connectivity index (χ1n) is 9.77. The summed E-state index contributed by atoms with van der Waals surface area (Å²) in [7, 11) is 5.52. The second kappa shape index (κ2) is 9.04. The summed E-state index contributed by atoms with van der Waals surface area (Å²) in [5.74, 6) is 0.324. The number of carbonyl (C=O) groups is 1. The number of hydrogen-bond acceptors (Lipinski definition) is 6. The van der Waals surface area contributed by atoms with Crippen molar-refractivity contribution in [3.05, 3.63) is 70.0 Å². The molecule has 0 aliphatic carbocycles. The molecule has 8 nitrogen and oxygen atoms in total. The van der Waals surface area contributed by atoms with Gasteiger partial charge in [-0.3, -0.25) is 9.59 Å². The van der Waals surface area contributed by atoms with Crippen LogP contribution in [0.15, 0.2) is 51.8 Å². The summed E-state index contributed by atoms with van der Waals surface area (Å²) in [4.78, 5) is 29.6. The summed E-state index contributed by atoms with van der Waals surface area (Å²) in [5.41, 5.74) is 1.31. The number of rotatable bonds is 7. The number of amides is 1. The first-order chi connectivity index (χ1) is 14.3. The van der Waals surface area contributed by atoms with E-state index in [0.29, 0.717) is 23.9 Å². The second-order valence-corrected chi connectivity index (χ2v) is 7.73. The molecule has 0 saturated carbocycles. The zero-order valence-electron chi connectivity index (χ0n) is 18.0. The summed E-state index contributed by atoms with van der Waals surface area (Å²) < 4.78 is 7.29.